The Morgan fingerprint density at radius 2 is 2.10 bits per heavy atom. The molecule has 0 atom stereocenters. The Labute approximate surface area is 127 Å². The van der Waals surface area contributed by atoms with E-state index in [4.69, 9.17) is 5.73 Å². The number of hydrogen-bond acceptors (Lipinski definition) is 4. The van der Waals surface area contributed by atoms with Gasteiger partial charge in [-0.1, -0.05) is 0 Å². The minimum atomic E-state index is -2.47. The van der Waals surface area contributed by atoms with E-state index in [1.165, 1.54) is 16.2 Å². The van der Waals surface area contributed by atoms with Gasteiger partial charge in [0.1, 0.15) is 11.1 Å². The molecule has 1 saturated carbocycles. The van der Waals surface area contributed by atoms with Gasteiger partial charge in [0.05, 0.1) is 5.56 Å². The Morgan fingerprint density at radius 3 is 2.67 bits per heavy atom. The van der Waals surface area contributed by atoms with Crippen LogP contribution in [0.4, 0.5) is 13.8 Å². The normalized spacial score (nSPS) is 24.1. The first-order valence-corrected chi connectivity index (χ1v) is 7.96. The van der Waals surface area contributed by atoms with Crippen LogP contribution in [-0.4, -0.2) is 22.9 Å². The second-order valence-electron chi connectivity index (χ2n) is 6.85. The van der Waals surface area contributed by atoms with Gasteiger partial charge in [0.15, 0.2) is 0 Å². The molecule has 1 fully saturated rings. The van der Waals surface area contributed by atoms with E-state index in [0.717, 1.165) is 12.0 Å². The van der Waals surface area contributed by atoms with Crippen LogP contribution < -0.4 is 5.73 Å². The summed E-state index contributed by atoms with van der Waals surface area (Å²) in [6.07, 6.45) is 0.800. The monoisotopic (exact) mass is 311 g/mol. The lowest BCUT2D eigenvalue weighted by molar-refractivity contribution is -0.122. The molecule has 3 rings (SSSR count). The van der Waals surface area contributed by atoms with Crippen LogP contribution in [0.2, 0.25) is 0 Å². The van der Waals surface area contributed by atoms with E-state index in [1.807, 2.05) is 0 Å². The molecule has 114 valence electrons. The van der Waals surface area contributed by atoms with Gasteiger partial charge in [-0.15, -0.1) is 11.3 Å². The van der Waals surface area contributed by atoms with E-state index in [1.54, 1.807) is 0 Å². The van der Waals surface area contributed by atoms with Crippen LogP contribution in [0.1, 0.15) is 42.7 Å². The van der Waals surface area contributed by atoms with Crippen LogP contribution in [0.5, 0.6) is 0 Å². The van der Waals surface area contributed by atoms with Gasteiger partial charge < -0.3 is 5.73 Å². The molecule has 0 saturated heterocycles. The molecule has 3 nitrogen and oxygen atoms in total. The standard InChI is InChI=1S/C15H19F2N3S/c1-14(2)5-12-11(10(6-18)13(19)21-12)8-20(14)7-9-3-15(16,17)4-9/h9H,3-5,7-8,19H2,1-2H3. The Morgan fingerprint density at radius 1 is 1.43 bits per heavy atom. The molecule has 1 aromatic heterocycles. The maximum absolute atomic E-state index is 13.0. The van der Waals surface area contributed by atoms with Crippen molar-refractivity contribution in [2.75, 3.05) is 12.3 Å². The molecule has 0 radical (unpaired) electrons. The average molecular weight is 311 g/mol. The van der Waals surface area contributed by atoms with E-state index in [9.17, 15) is 14.0 Å². The highest BCUT2D eigenvalue weighted by Crippen LogP contribution is 2.45. The molecule has 2 aliphatic rings. The number of nitrogens with two attached hydrogens (primary N) is 1. The van der Waals surface area contributed by atoms with Crippen LogP contribution >= 0.6 is 11.3 Å². The van der Waals surface area contributed by atoms with Crippen molar-refractivity contribution < 1.29 is 8.78 Å². The highest BCUT2D eigenvalue weighted by Gasteiger charge is 2.47. The van der Waals surface area contributed by atoms with E-state index in [2.05, 4.69) is 24.8 Å². The fraction of sp³-hybridized carbons (Fsp3) is 0.667. The Kier molecular flexibility index (Phi) is 3.26. The molecular weight excluding hydrogens is 292 g/mol. The number of thiophene rings is 1. The quantitative estimate of drug-likeness (QED) is 0.911. The molecule has 1 aliphatic carbocycles. The highest BCUT2D eigenvalue weighted by atomic mass is 32.1. The Hall–Kier alpha value is -1.19. The summed E-state index contributed by atoms with van der Waals surface area (Å²) in [7, 11) is 0. The van der Waals surface area contributed by atoms with E-state index < -0.39 is 5.92 Å². The van der Waals surface area contributed by atoms with Crippen LogP contribution in [0.15, 0.2) is 0 Å². The van der Waals surface area contributed by atoms with Gasteiger partial charge in [0, 0.05) is 48.3 Å². The topological polar surface area (TPSA) is 53.1 Å². The zero-order valence-electron chi connectivity index (χ0n) is 12.2. The Balaban J connectivity index is 1.81. The highest BCUT2D eigenvalue weighted by molar-refractivity contribution is 7.16. The number of hydrogen-bond donors (Lipinski definition) is 1. The Bertz CT molecular complexity index is 607. The summed E-state index contributed by atoms with van der Waals surface area (Å²) in [5, 5.41) is 9.83. The van der Waals surface area contributed by atoms with Crippen LogP contribution in [0, 0.1) is 17.2 Å². The summed E-state index contributed by atoms with van der Waals surface area (Å²) >= 11 is 1.49. The molecule has 0 unspecified atom stereocenters. The number of alkyl halides is 2. The third kappa shape index (κ3) is 2.53. The molecule has 2 heterocycles. The SMILES string of the molecule is CC1(C)Cc2sc(N)c(C#N)c2CN1CC1CC(F)(F)C1. The number of fused-ring (bicyclic) bond motifs is 1. The zero-order valence-corrected chi connectivity index (χ0v) is 13.1. The molecule has 21 heavy (non-hydrogen) atoms. The van der Waals surface area contributed by atoms with Crippen molar-refractivity contribution in [3.05, 3.63) is 16.0 Å². The maximum Gasteiger partial charge on any atom is 0.248 e. The number of nitriles is 1. The lowest BCUT2D eigenvalue weighted by atomic mass is 9.79. The molecule has 0 amide bonds. The van der Waals surface area contributed by atoms with E-state index >= 15 is 0 Å². The largest absolute Gasteiger partial charge is 0.389 e. The smallest absolute Gasteiger partial charge is 0.248 e. The lowest BCUT2D eigenvalue weighted by Gasteiger charge is -2.46. The van der Waals surface area contributed by atoms with E-state index in [-0.39, 0.29) is 24.3 Å². The van der Waals surface area contributed by atoms with Crippen molar-refractivity contribution in [3.8, 4) is 6.07 Å². The summed E-state index contributed by atoms with van der Waals surface area (Å²) < 4.78 is 26.0. The second-order valence-corrected chi connectivity index (χ2v) is 7.99. The van der Waals surface area contributed by atoms with E-state index in [0.29, 0.717) is 23.7 Å². The van der Waals surface area contributed by atoms with Gasteiger partial charge in [-0.3, -0.25) is 4.90 Å². The first-order chi connectivity index (χ1) is 9.72. The third-order valence-corrected chi connectivity index (χ3v) is 5.74. The summed E-state index contributed by atoms with van der Waals surface area (Å²) in [6, 6.07) is 2.18. The number of rotatable bonds is 2. The van der Waals surface area contributed by atoms with Gasteiger partial charge >= 0.3 is 0 Å². The lowest BCUT2D eigenvalue weighted by Crippen LogP contribution is -2.52. The van der Waals surface area contributed by atoms with Gasteiger partial charge in [0.25, 0.3) is 0 Å². The minimum absolute atomic E-state index is 0.0106. The molecule has 0 bridgehead atoms. The maximum atomic E-state index is 13.0. The zero-order chi connectivity index (χ0) is 15.4. The minimum Gasteiger partial charge on any atom is -0.389 e. The fourth-order valence-electron chi connectivity index (χ4n) is 3.41. The predicted molar refractivity (Wildman–Crippen MR) is 79.3 cm³/mol. The van der Waals surface area contributed by atoms with Crippen molar-refractivity contribution in [1.29, 1.82) is 5.26 Å². The molecular formula is C15H19F2N3S. The fourth-order valence-corrected chi connectivity index (χ4v) is 4.66. The number of halogens is 2. The van der Waals surface area contributed by atoms with Crippen LogP contribution in [-0.2, 0) is 13.0 Å². The van der Waals surface area contributed by atoms with Crippen molar-refractivity contribution in [1.82, 2.24) is 4.90 Å². The summed E-state index contributed by atoms with van der Waals surface area (Å²) in [5.74, 6) is -2.41. The summed E-state index contributed by atoms with van der Waals surface area (Å²) in [5.41, 5.74) is 7.42. The number of nitrogens with zero attached hydrogens (tertiary/aromatic N) is 2. The van der Waals surface area contributed by atoms with Gasteiger partial charge in [-0.2, -0.15) is 5.26 Å². The first-order valence-electron chi connectivity index (χ1n) is 7.15. The summed E-state index contributed by atoms with van der Waals surface area (Å²) in [6.45, 7) is 5.58. The number of anilines is 1. The van der Waals surface area contributed by atoms with Crippen LogP contribution in [0.25, 0.3) is 0 Å². The van der Waals surface area contributed by atoms with Gasteiger partial charge in [-0.25, -0.2) is 8.78 Å². The molecule has 0 aromatic carbocycles. The van der Waals surface area contributed by atoms with Crippen LogP contribution in [0.3, 0.4) is 0 Å². The third-order valence-electron chi connectivity index (χ3n) is 4.68. The van der Waals surface area contributed by atoms with Gasteiger partial charge in [-0.05, 0) is 19.8 Å². The summed E-state index contributed by atoms with van der Waals surface area (Å²) in [4.78, 5) is 3.41. The molecule has 0 spiro atoms. The van der Waals surface area contributed by atoms with Crippen molar-refractivity contribution in [2.45, 2.75) is 51.1 Å². The molecule has 1 aliphatic heterocycles. The van der Waals surface area contributed by atoms with Crippen molar-refractivity contribution in [3.63, 3.8) is 0 Å². The second kappa shape index (κ2) is 4.65. The molecule has 1 aromatic rings. The molecule has 6 heteroatoms. The van der Waals surface area contributed by atoms with Crippen molar-refractivity contribution in [2.24, 2.45) is 5.92 Å². The number of nitrogen functional groups attached to an aromatic ring is 1. The molecule has 2 N–H and O–H groups in total. The predicted octanol–water partition coefficient (Wildman–Crippen LogP) is 3.38. The van der Waals surface area contributed by atoms with Crippen molar-refractivity contribution >= 4 is 16.3 Å². The first kappa shape index (κ1) is 14.7. The average Bonchev–Trinajstić information content (AvgIpc) is 2.60. The van der Waals surface area contributed by atoms with Gasteiger partial charge in [0.2, 0.25) is 5.92 Å².